The molecule has 2 aromatic rings. The number of nitro groups is 1. The second kappa shape index (κ2) is 7.75. The topological polar surface area (TPSA) is 110 Å². The minimum absolute atomic E-state index is 0.132. The lowest BCUT2D eigenvalue weighted by molar-refractivity contribution is -0.384. The molecule has 0 bridgehead atoms. The largest absolute Gasteiger partial charge is 0.360 e. The number of nitrogens with zero attached hydrogens (tertiary/aromatic N) is 2. The van der Waals surface area contributed by atoms with Crippen LogP contribution in [0.2, 0.25) is 0 Å². The van der Waals surface area contributed by atoms with Gasteiger partial charge in [0.15, 0.2) is 9.84 Å². The number of amides is 1. The van der Waals surface area contributed by atoms with Gasteiger partial charge in [0, 0.05) is 25.1 Å². The van der Waals surface area contributed by atoms with Crippen LogP contribution in [0.5, 0.6) is 0 Å². The molecule has 0 saturated carbocycles. The smallest absolute Gasteiger partial charge is 0.293 e. The van der Waals surface area contributed by atoms with Crippen LogP contribution in [0.3, 0.4) is 0 Å². The van der Waals surface area contributed by atoms with Crippen LogP contribution in [0, 0.1) is 24.0 Å². The quantitative estimate of drug-likeness (QED) is 0.599. The number of sulfone groups is 1. The Balaban J connectivity index is 2.24. The van der Waals surface area contributed by atoms with Crippen LogP contribution in [0.1, 0.15) is 11.1 Å². The molecule has 2 rings (SSSR count). The van der Waals surface area contributed by atoms with Gasteiger partial charge in [-0.2, -0.15) is 0 Å². The number of nitrogens with one attached hydrogen (secondary N) is 1. The molecule has 9 heteroatoms. The van der Waals surface area contributed by atoms with Gasteiger partial charge in [0.25, 0.3) is 5.69 Å². The van der Waals surface area contributed by atoms with E-state index in [9.17, 15) is 23.3 Å². The van der Waals surface area contributed by atoms with Crippen molar-refractivity contribution in [1.82, 2.24) is 0 Å². The monoisotopic (exact) mass is 391 g/mol. The predicted molar refractivity (Wildman–Crippen MR) is 104 cm³/mol. The summed E-state index contributed by atoms with van der Waals surface area (Å²) in [5.74, 6) is -0.340. The van der Waals surface area contributed by atoms with Gasteiger partial charge in [0.2, 0.25) is 5.91 Å². The summed E-state index contributed by atoms with van der Waals surface area (Å²) in [6.07, 6.45) is 0.979. The normalized spacial score (nSPS) is 11.1. The average molecular weight is 391 g/mol. The summed E-state index contributed by atoms with van der Waals surface area (Å²) in [4.78, 5) is 24.3. The predicted octanol–water partition coefficient (Wildman–Crippen LogP) is 2.69. The standard InChI is InChI=1S/C18H21N3O5S/c1-12-6-5-7-15(13(12)2)19-18(22)11-20(3)16-9-8-14(27(4,25)26)10-17(16)21(23)24/h5-10H,11H2,1-4H3,(H,19,22). The fourth-order valence-electron chi connectivity index (χ4n) is 2.58. The van der Waals surface area contributed by atoms with Crippen LogP contribution in [-0.2, 0) is 14.6 Å². The summed E-state index contributed by atoms with van der Waals surface area (Å²) >= 11 is 0. The third-order valence-electron chi connectivity index (χ3n) is 4.24. The van der Waals surface area contributed by atoms with Crippen molar-refractivity contribution in [2.24, 2.45) is 0 Å². The number of rotatable bonds is 6. The number of hydrogen-bond donors (Lipinski definition) is 1. The molecule has 27 heavy (non-hydrogen) atoms. The van der Waals surface area contributed by atoms with E-state index in [0.29, 0.717) is 5.69 Å². The van der Waals surface area contributed by atoms with Crippen molar-refractivity contribution in [3.63, 3.8) is 0 Å². The maximum Gasteiger partial charge on any atom is 0.293 e. The fourth-order valence-corrected chi connectivity index (χ4v) is 3.22. The summed E-state index contributed by atoms with van der Waals surface area (Å²) in [5.41, 5.74) is 2.43. The lowest BCUT2D eigenvalue weighted by atomic mass is 10.1. The molecule has 0 radical (unpaired) electrons. The third kappa shape index (κ3) is 4.82. The van der Waals surface area contributed by atoms with Crippen molar-refractivity contribution in [1.29, 1.82) is 0 Å². The van der Waals surface area contributed by atoms with E-state index in [-0.39, 0.29) is 28.7 Å². The van der Waals surface area contributed by atoms with Crippen molar-refractivity contribution < 1.29 is 18.1 Å². The van der Waals surface area contributed by atoms with E-state index in [2.05, 4.69) is 5.32 Å². The second-order valence-electron chi connectivity index (χ2n) is 6.33. The first-order chi connectivity index (χ1) is 12.5. The third-order valence-corrected chi connectivity index (χ3v) is 5.35. The Morgan fingerprint density at radius 2 is 1.89 bits per heavy atom. The molecule has 0 spiro atoms. The first-order valence-corrected chi connectivity index (χ1v) is 9.95. The second-order valence-corrected chi connectivity index (χ2v) is 8.35. The molecule has 144 valence electrons. The Hall–Kier alpha value is -2.94. The minimum atomic E-state index is -3.58. The Morgan fingerprint density at radius 1 is 1.22 bits per heavy atom. The molecule has 2 aromatic carbocycles. The summed E-state index contributed by atoms with van der Waals surface area (Å²) in [6.45, 7) is 3.69. The maximum absolute atomic E-state index is 12.3. The van der Waals surface area contributed by atoms with E-state index < -0.39 is 14.8 Å². The van der Waals surface area contributed by atoms with Gasteiger partial charge in [-0.3, -0.25) is 14.9 Å². The Morgan fingerprint density at radius 3 is 2.48 bits per heavy atom. The maximum atomic E-state index is 12.3. The molecule has 1 amide bonds. The molecule has 0 fully saturated rings. The number of anilines is 2. The zero-order chi connectivity index (χ0) is 20.4. The van der Waals surface area contributed by atoms with Crippen LogP contribution >= 0.6 is 0 Å². The summed E-state index contributed by atoms with van der Waals surface area (Å²) < 4.78 is 23.3. The molecule has 0 aliphatic heterocycles. The van der Waals surface area contributed by atoms with E-state index in [1.807, 2.05) is 26.0 Å². The Kier molecular flexibility index (Phi) is 5.85. The van der Waals surface area contributed by atoms with Crippen LogP contribution < -0.4 is 10.2 Å². The lowest BCUT2D eigenvalue weighted by Crippen LogP contribution is -2.30. The Labute approximate surface area is 157 Å². The molecule has 0 heterocycles. The zero-order valence-electron chi connectivity index (χ0n) is 15.5. The summed E-state index contributed by atoms with van der Waals surface area (Å²) in [7, 11) is -2.04. The van der Waals surface area contributed by atoms with Crippen molar-refractivity contribution in [2.75, 3.05) is 30.1 Å². The van der Waals surface area contributed by atoms with E-state index in [4.69, 9.17) is 0 Å². The van der Waals surface area contributed by atoms with Crippen LogP contribution in [0.4, 0.5) is 17.1 Å². The lowest BCUT2D eigenvalue weighted by Gasteiger charge is -2.19. The summed E-state index contributed by atoms with van der Waals surface area (Å²) in [6, 6.07) is 9.17. The van der Waals surface area contributed by atoms with Crippen molar-refractivity contribution in [3.05, 3.63) is 57.6 Å². The van der Waals surface area contributed by atoms with Gasteiger partial charge in [0.1, 0.15) is 5.69 Å². The highest BCUT2D eigenvalue weighted by Crippen LogP contribution is 2.30. The Bertz CT molecular complexity index is 1000. The first kappa shape index (κ1) is 20.4. The average Bonchev–Trinajstić information content (AvgIpc) is 2.57. The highest BCUT2D eigenvalue weighted by Gasteiger charge is 2.22. The molecular weight excluding hydrogens is 370 g/mol. The van der Waals surface area contributed by atoms with Crippen molar-refractivity contribution in [2.45, 2.75) is 18.7 Å². The molecule has 1 N–H and O–H groups in total. The van der Waals surface area contributed by atoms with Gasteiger partial charge in [-0.25, -0.2) is 8.42 Å². The van der Waals surface area contributed by atoms with E-state index in [1.165, 1.54) is 24.1 Å². The van der Waals surface area contributed by atoms with Gasteiger partial charge < -0.3 is 10.2 Å². The molecule has 0 aromatic heterocycles. The van der Waals surface area contributed by atoms with Crippen LogP contribution in [0.25, 0.3) is 0 Å². The highest BCUT2D eigenvalue weighted by molar-refractivity contribution is 7.90. The molecule has 0 aliphatic carbocycles. The number of likely N-dealkylation sites (N-methyl/N-ethyl adjacent to an activating group) is 1. The molecule has 8 nitrogen and oxygen atoms in total. The van der Waals surface area contributed by atoms with Gasteiger partial charge >= 0.3 is 0 Å². The number of carbonyl (C=O) groups is 1. The number of hydrogen-bond acceptors (Lipinski definition) is 6. The minimum Gasteiger partial charge on any atom is -0.360 e. The highest BCUT2D eigenvalue weighted by atomic mass is 32.2. The fraction of sp³-hybridized carbons (Fsp3) is 0.278. The van der Waals surface area contributed by atoms with Gasteiger partial charge in [-0.15, -0.1) is 0 Å². The number of aryl methyl sites for hydroxylation is 1. The SMILES string of the molecule is Cc1cccc(NC(=O)CN(C)c2ccc(S(C)(=O)=O)cc2[N+](=O)[O-])c1C. The van der Waals surface area contributed by atoms with E-state index in [1.54, 1.807) is 6.07 Å². The molecule has 0 aliphatic rings. The van der Waals surface area contributed by atoms with Crippen LogP contribution in [-0.4, -0.2) is 39.1 Å². The molecular formula is C18H21N3O5S. The zero-order valence-corrected chi connectivity index (χ0v) is 16.3. The van der Waals surface area contributed by atoms with Gasteiger partial charge in [-0.1, -0.05) is 12.1 Å². The van der Waals surface area contributed by atoms with Gasteiger partial charge in [-0.05, 0) is 43.2 Å². The molecule has 0 atom stereocenters. The van der Waals surface area contributed by atoms with Crippen molar-refractivity contribution in [3.8, 4) is 0 Å². The number of nitro benzene ring substituents is 1. The number of carbonyl (C=O) groups excluding carboxylic acids is 1. The van der Waals surface area contributed by atoms with Crippen LogP contribution in [0.15, 0.2) is 41.3 Å². The molecule has 0 unspecified atom stereocenters. The van der Waals surface area contributed by atoms with Gasteiger partial charge in [0.05, 0.1) is 16.4 Å². The van der Waals surface area contributed by atoms with E-state index >= 15 is 0 Å². The number of benzene rings is 2. The van der Waals surface area contributed by atoms with E-state index in [0.717, 1.165) is 23.4 Å². The first-order valence-electron chi connectivity index (χ1n) is 8.06. The van der Waals surface area contributed by atoms with Crippen molar-refractivity contribution >= 4 is 32.8 Å². The molecule has 0 saturated heterocycles. The summed E-state index contributed by atoms with van der Waals surface area (Å²) in [5, 5.41) is 14.1.